The van der Waals surface area contributed by atoms with Crippen molar-refractivity contribution in [3.63, 3.8) is 0 Å². The second kappa shape index (κ2) is 9.75. The molecular weight excluding hydrogens is 402 g/mol. The van der Waals surface area contributed by atoms with E-state index < -0.39 is 0 Å². The second-order valence-electron chi connectivity index (χ2n) is 7.16. The van der Waals surface area contributed by atoms with Gasteiger partial charge in [-0.1, -0.05) is 48.5 Å². The maximum absolute atomic E-state index is 13.1. The normalized spacial score (nSPS) is 11.4. The smallest absolute Gasteiger partial charge is 0.258 e. The van der Waals surface area contributed by atoms with Crippen molar-refractivity contribution in [1.29, 1.82) is 0 Å². The number of hydrogen-bond acceptors (Lipinski definition) is 5. The Morgan fingerprint density at radius 1 is 0.875 bits per heavy atom. The first-order valence-electron chi connectivity index (χ1n) is 10.2. The molecule has 6 nitrogen and oxygen atoms in total. The minimum atomic E-state index is -0.312. The number of carbonyl (C=O) groups is 1. The number of amides is 1. The van der Waals surface area contributed by atoms with Gasteiger partial charge in [-0.3, -0.25) is 4.79 Å². The van der Waals surface area contributed by atoms with E-state index in [2.05, 4.69) is 15.3 Å². The lowest BCUT2D eigenvalue weighted by molar-refractivity contribution is 0.0936. The SMILES string of the molecule is COc1ccc(-c2ncc(C(=O)NC(C)c3ccccc3)c(Oc3ccccc3)n2)cc1. The predicted octanol–water partition coefficient (Wildman–Crippen LogP) is 5.44. The Hall–Kier alpha value is -4.19. The number of hydrogen-bond donors (Lipinski definition) is 1. The van der Waals surface area contributed by atoms with Crippen LogP contribution < -0.4 is 14.8 Å². The van der Waals surface area contributed by atoms with Crippen LogP contribution in [0, 0.1) is 0 Å². The van der Waals surface area contributed by atoms with Crippen molar-refractivity contribution in [1.82, 2.24) is 15.3 Å². The van der Waals surface area contributed by atoms with Gasteiger partial charge in [0.05, 0.1) is 13.2 Å². The Kier molecular flexibility index (Phi) is 6.41. The fourth-order valence-electron chi connectivity index (χ4n) is 3.18. The lowest BCUT2D eigenvalue weighted by Crippen LogP contribution is -2.27. The molecule has 0 aliphatic rings. The zero-order chi connectivity index (χ0) is 22.3. The molecule has 4 aromatic rings. The summed E-state index contributed by atoms with van der Waals surface area (Å²) in [6.07, 6.45) is 1.50. The molecule has 4 rings (SSSR count). The van der Waals surface area contributed by atoms with Gasteiger partial charge in [0.15, 0.2) is 5.82 Å². The monoisotopic (exact) mass is 425 g/mol. The topological polar surface area (TPSA) is 73.3 Å². The molecular formula is C26H23N3O3. The minimum Gasteiger partial charge on any atom is -0.497 e. The fraction of sp³-hybridized carbons (Fsp3) is 0.115. The van der Waals surface area contributed by atoms with E-state index in [0.29, 0.717) is 11.6 Å². The molecule has 0 aliphatic carbocycles. The maximum Gasteiger partial charge on any atom is 0.258 e. The van der Waals surface area contributed by atoms with Crippen LogP contribution in [0.4, 0.5) is 0 Å². The van der Waals surface area contributed by atoms with E-state index in [1.807, 2.05) is 91.9 Å². The molecule has 0 radical (unpaired) electrons. The molecule has 0 aliphatic heterocycles. The molecule has 1 heterocycles. The molecule has 32 heavy (non-hydrogen) atoms. The highest BCUT2D eigenvalue weighted by molar-refractivity contribution is 5.96. The largest absolute Gasteiger partial charge is 0.497 e. The number of methoxy groups -OCH3 is 1. The molecule has 160 valence electrons. The standard InChI is InChI=1S/C26H23N3O3/c1-18(19-9-5-3-6-10-19)28-25(30)23-17-27-24(20-13-15-21(31-2)16-14-20)29-26(23)32-22-11-7-4-8-12-22/h3-18H,1-2H3,(H,28,30). The average Bonchev–Trinajstić information content (AvgIpc) is 2.85. The summed E-state index contributed by atoms with van der Waals surface area (Å²) in [5.74, 6) is 1.65. The average molecular weight is 425 g/mol. The maximum atomic E-state index is 13.1. The summed E-state index contributed by atoms with van der Waals surface area (Å²) in [5.41, 5.74) is 2.05. The first-order chi connectivity index (χ1) is 15.6. The number of rotatable bonds is 7. The van der Waals surface area contributed by atoms with E-state index in [1.54, 1.807) is 7.11 Å². The molecule has 0 fully saturated rings. The molecule has 1 N–H and O–H groups in total. The van der Waals surface area contributed by atoms with Gasteiger partial charge in [0.25, 0.3) is 5.91 Å². The van der Waals surface area contributed by atoms with E-state index in [-0.39, 0.29) is 23.4 Å². The summed E-state index contributed by atoms with van der Waals surface area (Å²) < 4.78 is 11.2. The van der Waals surface area contributed by atoms with Gasteiger partial charge in [0.2, 0.25) is 5.88 Å². The number of aromatic nitrogens is 2. The summed E-state index contributed by atoms with van der Waals surface area (Å²) >= 11 is 0. The molecule has 0 bridgehead atoms. The molecule has 1 unspecified atom stereocenters. The van der Waals surface area contributed by atoms with Gasteiger partial charge in [-0.15, -0.1) is 0 Å². The van der Waals surface area contributed by atoms with Gasteiger partial charge in [-0.2, -0.15) is 4.98 Å². The Balaban J connectivity index is 1.66. The minimum absolute atomic E-state index is 0.186. The Morgan fingerprint density at radius 2 is 1.53 bits per heavy atom. The van der Waals surface area contributed by atoms with Crippen molar-refractivity contribution in [2.24, 2.45) is 0 Å². The van der Waals surface area contributed by atoms with Crippen molar-refractivity contribution >= 4 is 5.91 Å². The highest BCUT2D eigenvalue weighted by Gasteiger charge is 2.20. The summed E-state index contributed by atoms with van der Waals surface area (Å²) in [5, 5.41) is 3.00. The molecule has 1 atom stereocenters. The van der Waals surface area contributed by atoms with Crippen LogP contribution in [0.25, 0.3) is 11.4 Å². The van der Waals surface area contributed by atoms with Gasteiger partial charge in [-0.25, -0.2) is 4.98 Å². The van der Waals surface area contributed by atoms with Crippen molar-refractivity contribution in [2.75, 3.05) is 7.11 Å². The first-order valence-corrected chi connectivity index (χ1v) is 10.2. The number of nitrogens with zero attached hydrogens (tertiary/aromatic N) is 2. The molecule has 0 spiro atoms. The summed E-state index contributed by atoms with van der Waals surface area (Å²) in [6, 6.07) is 26.2. The molecule has 1 amide bonds. The van der Waals surface area contributed by atoms with Crippen LogP contribution in [0.1, 0.15) is 28.9 Å². The van der Waals surface area contributed by atoms with Crippen LogP contribution in [-0.2, 0) is 0 Å². The summed E-state index contributed by atoms with van der Waals surface area (Å²) in [7, 11) is 1.61. The van der Waals surface area contributed by atoms with E-state index >= 15 is 0 Å². The second-order valence-corrected chi connectivity index (χ2v) is 7.16. The predicted molar refractivity (Wildman–Crippen MR) is 123 cm³/mol. The Morgan fingerprint density at radius 3 is 2.19 bits per heavy atom. The van der Waals surface area contributed by atoms with Crippen molar-refractivity contribution < 1.29 is 14.3 Å². The van der Waals surface area contributed by atoms with Gasteiger partial charge in [-0.05, 0) is 48.9 Å². The molecule has 3 aromatic carbocycles. The number of ether oxygens (including phenoxy) is 2. The third-order valence-electron chi connectivity index (χ3n) is 4.95. The lowest BCUT2D eigenvalue weighted by atomic mass is 10.1. The van der Waals surface area contributed by atoms with E-state index in [4.69, 9.17) is 9.47 Å². The van der Waals surface area contributed by atoms with Crippen molar-refractivity contribution in [3.05, 3.63) is 102 Å². The highest BCUT2D eigenvalue weighted by atomic mass is 16.5. The van der Waals surface area contributed by atoms with E-state index in [9.17, 15) is 4.79 Å². The van der Waals surface area contributed by atoms with Crippen LogP contribution in [0.2, 0.25) is 0 Å². The first kappa shape index (κ1) is 21.1. The molecule has 0 saturated heterocycles. The molecule has 1 aromatic heterocycles. The van der Waals surface area contributed by atoms with Crippen LogP contribution in [-0.4, -0.2) is 23.0 Å². The van der Waals surface area contributed by atoms with Gasteiger partial charge in [0.1, 0.15) is 17.1 Å². The van der Waals surface area contributed by atoms with Gasteiger partial charge < -0.3 is 14.8 Å². The van der Waals surface area contributed by atoms with Crippen LogP contribution in [0.5, 0.6) is 17.4 Å². The van der Waals surface area contributed by atoms with Gasteiger partial charge >= 0.3 is 0 Å². The van der Waals surface area contributed by atoms with Gasteiger partial charge in [0, 0.05) is 11.8 Å². The third-order valence-corrected chi connectivity index (χ3v) is 4.95. The number of para-hydroxylation sites is 1. The Labute approximate surface area is 186 Å². The third kappa shape index (κ3) is 4.92. The zero-order valence-corrected chi connectivity index (χ0v) is 17.9. The molecule has 0 saturated carbocycles. The van der Waals surface area contributed by atoms with Crippen LogP contribution in [0.3, 0.4) is 0 Å². The quantitative estimate of drug-likeness (QED) is 0.427. The molecule has 6 heteroatoms. The lowest BCUT2D eigenvalue weighted by Gasteiger charge is -2.16. The summed E-state index contributed by atoms with van der Waals surface area (Å²) in [6.45, 7) is 1.93. The van der Waals surface area contributed by atoms with Crippen molar-refractivity contribution in [2.45, 2.75) is 13.0 Å². The Bertz CT molecular complexity index is 1180. The van der Waals surface area contributed by atoms with E-state index in [0.717, 1.165) is 16.9 Å². The van der Waals surface area contributed by atoms with E-state index in [1.165, 1.54) is 6.20 Å². The number of carbonyl (C=O) groups excluding carboxylic acids is 1. The van der Waals surface area contributed by atoms with Crippen LogP contribution in [0.15, 0.2) is 91.1 Å². The fourth-order valence-corrected chi connectivity index (χ4v) is 3.18. The number of benzene rings is 3. The van der Waals surface area contributed by atoms with Crippen molar-refractivity contribution in [3.8, 4) is 28.8 Å². The highest BCUT2D eigenvalue weighted by Crippen LogP contribution is 2.27. The van der Waals surface area contributed by atoms with Crippen LogP contribution >= 0.6 is 0 Å². The summed E-state index contributed by atoms with van der Waals surface area (Å²) in [4.78, 5) is 22.1. The zero-order valence-electron chi connectivity index (χ0n) is 17.9. The number of nitrogens with one attached hydrogen (secondary N) is 1.